The van der Waals surface area contributed by atoms with Crippen molar-refractivity contribution in [1.82, 2.24) is 0 Å². The Morgan fingerprint density at radius 3 is 1.19 bits per heavy atom. The molecule has 0 spiro atoms. The smallest absolute Gasteiger partial charge is 0.156 e. The average molecular weight is 395 g/mol. The zero-order valence-electron chi connectivity index (χ0n) is 17.9. The van der Waals surface area contributed by atoms with Gasteiger partial charge in [-0.15, -0.1) is 0 Å². The summed E-state index contributed by atoms with van der Waals surface area (Å²) in [6.07, 6.45) is 10.6. The summed E-state index contributed by atoms with van der Waals surface area (Å²) < 4.78 is 36.8. The lowest BCUT2D eigenvalue weighted by Crippen LogP contribution is -2.12. The van der Waals surface area contributed by atoms with Crippen molar-refractivity contribution >= 4 is 0 Å². The Bertz CT molecular complexity index is 245. The van der Waals surface area contributed by atoms with Gasteiger partial charge in [0.15, 0.2) is 12.6 Å². The highest BCUT2D eigenvalue weighted by atomic mass is 16.7. The van der Waals surface area contributed by atoms with Gasteiger partial charge in [0.05, 0.1) is 0 Å². The third-order valence-electron chi connectivity index (χ3n) is 4.34. The van der Waals surface area contributed by atoms with Crippen molar-refractivity contribution in [3.63, 3.8) is 0 Å². The van der Waals surface area contributed by atoms with E-state index in [4.69, 9.17) is 33.2 Å². The van der Waals surface area contributed by atoms with Crippen LogP contribution in [0.4, 0.5) is 0 Å². The standard InChI is InChI=1S/C20H42O7/c1-21-19(22-2)13-9-5-7-11-15-25-17-27-18-26-16-12-8-6-10-14-20(23-3)24-4/h19-20H,5-18H2,1-4H3. The van der Waals surface area contributed by atoms with Crippen LogP contribution in [-0.4, -0.2) is 67.8 Å². The van der Waals surface area contributed by atoms with Crippen LogP contribution in [0.25, 0.3) is 0 Å². The number of rotatable bonds is 22. The summed E-state index contributed by atoms with van der Waals surface area (Å²) in [4.78, 5) is 0. The van der Waals surface area contributed by atoms with Crippen LogP contribution in [-0.2, 0) is 33.2 Å². The van der Waals surface area contributed by atoms with Crippen LogP contribution in [0.15, 0.2) is 0 Å². The van der Waals surface area contributed by atoms with E-state index in [1.807, 2.05) is 0 Å². The van der Waals surface area contributed by atoms with Gasteiger partial charge < -0.3 is 33.2 Å². The SMILES string of the molecule is COC(CCCCCCOCOCOCCCCCCC(OC)OC)OC. The molecule has 27 heavy (non-hydrogen) atoms. The van der Waals surface area contributed by atoms with Crippen LogP contribution in [0.5, 0.6) is 0 Å². The second kappa shape index (κ2) is 22.0. The highest BCUT2D eigenvalue weighted by molar-refractivity contribution is 4.48. The van der Waals surface area contributed by atoms with Crippen molar-refractivity contribution in [2.24, 2.45) is 0 Å². The van der Waals surface area contributed by atoms with Gasteiger partial charge in [-0.1, -0.05) is 25.7 Å². The van der Waals surface area contributed by atoms with E-state index >= 15 is 0 Å². The molecule has 0 unspecified atom stereocenters. The summed E-state index contributed by atoms with van der Waals surface area (Å²) >= 11 is 0. The van der Waals surface area contributed by atoms with E-state index in [-0.39, 0.29) is 12.6 Å². The molecular weight excluding hydrogens is 352 g/mol. The van der Waals surface area contributed by atoms with Gasteiger partial charge in [-0.05, 0) is 38.5 Å². The topological polar surface area (TPSA) is 64.6 Å². The van der Waals surface area contributed by atoms with Gasteiger partial charge in [-0.2, -0.15) is 0 Å². The molecule has 0 N–H and O–H groups in total. The van der Waals surface area contributed by atoms with E-state index < -0.39 is 0 Å². The van der Waals surface area contributed by atoms with Crippen molar-refractivity contribution in [1.29, 1.82) is 0 Å². The fourth-order valence-corrected chi connectivity index (χ4v) is 2.67. The van der Waals surface area contributed by atoms with Gasteiger partial charge >= 0.3 is 0 Å². The molecule has 164 valence electrons. The van der Waals surface area contributed by atoms with Crippen LogP contribution in [0.1, 0.15) is 64.2 Å². The molecule has 0 heterocycles. The Labute approximate surface area is 165 Å². The molecule has 0 aliphatic carbocycles. The van der Waals surface area contributed by atoms with E-state index in [0.717, 1.165) is 77.4 Å². The molecule has 0 aliphatic rings. The summed E-state index contributed by atoms with van der Waals surface area (Å²) in [5.41, 5.74) is 0. The van der Waals surface area contributed by atoms with Crippen molar-refractivity contribution in [2.45, 2.75) is 76.8 Å². The third kappa shape index (κ3) is 18.8. The monoisotopic (exact) mass is 394 g/mol. The van der Waals surface area contributed by atoms with E-state index in [9.17, 15) is 0 Å². The summed E-state index contributed by atoms with van der Waals surface area (Å²) in [6.45, 7) is 2.04. The predicted molar refractivity (Wildman–Crippen MR) is 105 cm³/mol. The van der Waals surface area contributed by atoms with Crippen LogP contribution in [0.2, 0.25) is 0 Å². The maximum atomic E-state index is 5.43. The molecular formula is C20H42O7. The largest absolute Gasteiger partial charge is 0.356 e. The van der Waals surface area contributed by atoms with E-state index in [2.05, 4.69) is 0 Å². The van der Waals surface area contributed by atoms with Gasteiger partial charge in [0.2, 0.25) is 0 Å². The molecule has 7 nitrogen and oxygen atoms in total. The summed E-state index contributed by atoms with van der Waals surface area (Å²) in [5.74, 6) is 0. The Balaban J connectivity index is 3.11. The highest BCUT2D eigenvalue weighted by Gasteiger charge is 2.04. The fourth-order valence-electron chi connectivity index (χ4n) is 2.67. The molecule has 0 aromatic carbocycles. The number of methoxy groups -OCH3 is 4. The first-order chi connectivity index (χ1) is 13.3. The molecule has 0 bridgehead atoms. The molecule has 0 saturated heterocycles. The number of hydrogen-bond acceptors (Lipinski definition) is 7. The Morgan fingerprint density at radius 2 is 0.815 bits per heavy atom. The quantitative estimate of drug-likeness (QED) is 0.202. The molecule has 0 atom stereocenters. The van der Waals surface area contributed by atoms with E-state index in [1.54, 1.807) is 28.4 Å². The van der Waals surface area contributed by atoms with Crippen LogP contribution < -0.4 is 0 Å². The maximum absolute atomic E-state index is 5.43. The van der Waals surface area contributed by atoms with Crippen LogP contribution >= 0.6 is 0 Å². The van der Waals surface area contributed by atoms with Crippen LogP contribution in [0.3, 0.4) is 0 Å². The second-order valence-corrected chi connectivity index (χ2v) is 6.46. The summed E-state index contributed by atoms with van der Waals surface area (Å²) in [6, 6.07) is 0. The Kier molecular flexibility index (Phi) is 21.8. The Morgan fingerprint density at radius 1 is 0.444 bits per heavy atom. The Hall–Kier alpha value is -0.280. The van der Waals surface area contributed by atoms with Crippen molar-refractivity contribution < 1.29 is 33.2 Å². The molecule has 7 heteroatoms. The number of ether oxygens (including phenoxy) is 7. The predicted octanol–water partition coefficient (Wildman–Crippen LogP) is 4.09. The van der Waals surface area contributed by atoms with Gasteiger partial charge in [0.1, 0.15) is 13.6 Å². The average Bonchev–Trinajstić information content (AvgIpc) is 2.70. The minimum atomic E-state index is -0.0756. The molecule has 0 saturated carbocycles. The fraction of sp³-hybridized carbons (Fsp3) is 1.00. The van der Waals surface area contributed by atoms with E-state index in [1.165, 1.54) is 0 Å². The molecule has 0 fully saturated rings. The minimum absolute atomic E-state index is 0.0756. The molecule has 0 rings (SSSR count). The number of hydrogen-bond donors (Lipinski definition) is 0. The lowest BCUT2D eigenvalue weighted by molar-refractivity contribution is -0.131. The summed E-state index contributed by atoms with van der Waals surface area (Å²) in [5, 5.41) is 0. The first-order valence-corrected chi connectivity index (χ1v) is 10.1. The lowest BCUT2D eigenvalue weighted by Gasteiger charge is -2.12. The van der Waals surface area contributed by atoms with Crippen LogP contribution in [0, 0.1) is 0 Å². The zero-order chi connectivity index (χ0) is 20.0. The van der Waals surface area contributed by atoms with Gasteiger partial charge in [0, 0.05) is 41.7 Å². The van der Waals surface area contributed by atoms with Gasteiger partial charge in [-0.25, -0.2) is 0 Å². The minimum Gasteiger partial charge on any atom is -0.356 e. The van der Waals surface area contributed by atoms with E-state index in [0.29, 0.717) is 13.6 Å². The van der Waals surface area contributed by atoms with Crippen molar-refractivity contribution in [2.75, 3.05) is 55.2 Å². The molecule has 0 amide bonds. The second-order valence-electron chi connectivity index (χ2n) is 6.46. The molecule has 0 aromatic rings. The molecule has 0 aromatic heterocycles. The zero-order valence-corrected chi connectivity index (χ0v) is 17.9. The summed E-state index contributed by atoms with van der Waals surface area (Å²) in [7, 11) is 6.70. The lowest BCUT2D eigenvalue weighted by atomic mass is 10.1. The normalized spacial score (nSPS) is 11.8. The molecule has 0 aliphatic heterocycles. The highest BCUT2D eigenvalue weighted by Crippen LogP contribution is 2.09. The maximum Gasteiger partial charge on any atom is 0.156 e. The van der Waals surface area contributed by atoms with Gasteiger partial charge in [-0.3, -0.25) is 0 Å². The molecule has 0 radical (unpaired) electrons. The first kappa shape index (κ1) is 26.7. The van der Waals surface area contributed by atoms with Crippen molar-refractivity contribution in [3.05, 3.63) is 0 Å². The van der Waals surface area contributed by atoms with Crippen molar-refractivity contribution in [3.8, 4) is 0 Å². The third-order valence-corrected chi connectivity index (χ3v) is 4.34. The first-order valence-electron chi connectivity index (χ1n) is 10.1. The number of unbranched alkanes of at least 4 members (excludes halogenated alkanes) is 6. The van der Waals surface area contributed by atoms with Gasteiger partial charge in [0.25, 0.3) is 0 Å².